The second-order valence-electron chi connectivity index (χ2n) is 5.04. The topological polar surface area (TPSA) is 29.5 Å². The van der Waals surface area contributed by atoms with E-state index in [4.69, 9.17) is 4.74 Å². The van der Waals surface area contributed by atoms with Crippen LogP contribution >= 0.6 is 0 Å². The fourth-order valence-electron chi connectivity index (χ4n) is 1.54. The molecule has 3 nitrogen and oxygen atoms in total. The predicted octanol–water partition coefficient (Wildman–Crippen LogP) is 2.71. The number of hydrogen-bond acceptors (Lipinski definition) is 2. The van der Waals surface area contributed by atoms with Crippen LogP contribution in [-0.4, -0.2) is 26.2 Å². The van der Waals surface area contributed by atoms with E-state index in [1.165, 1.54) is 0 Å². The molecule has 0 aromatic heterocycles. The molecule has 0 heterocycles. The zero-order valence-electron chi connectivity index (χ0n) is 11.1. The molecule has 0 fully saturated rings. The number of carbonyl (C=O) groups excluding carboxylic acids is 1. The van der Waals surface area contributed by atoms with Gasteiger partial charge < -0.3 is 9.64 Å². The molecule has 1 aromatic carbocycles. The van der Waals surface area contributed by atoms with Gasteiger partial charge in [0, 0.05) is 24.8 Å². The number of amides is 1. The van der Waals surface area contributed by atoms with Gasteiger partial charge in [-0.1, -0.05) is 39.0 Å². The molecule has 0 radical (unpaired) electrons. The molecule has 3 heteroatoms. The van der Waals surface area contributed by atoms with Crippen LogP contribution < -0.4 is 4.90 Å². The zero-order valence-corrected chi connectivity index (χ0v) is 11.1. The summed E-state index contributed by atoms with van der Waals surface area (Å²) in [7, 11) is 1.64. The van der Waals surface area contributed by atoms with E-state index < -0.39 is 0 Å². The minimum absolute atomic E-state index is 0.112. The average Bonchev–Trinajstić information content (AvgIpc) is 2.29. The maximum absolute atomic E-state index is 12.3. The summed E-state index contributed by atoms with van der Waals surface area (Å²) < 4.78 is 5.06. The number of methoxy groups -OCH3 is 1. The summed E-state index contributed by atoms with van der Waals surface area (Å²) in [6, 6.07) is 9.70. The number of para-hydroxylation sites is 1. The van der Waals surface area contributed by atoms with Gasteiger partial charge in [0.2, 0.25) is 5.91 Å². The quantitative estimate of drug-likeness (QED) is 0.803. The van der Waals surface area contributed by atoms with Crippen molar-refractivity contribution in [1.82, 2.24) is 0 Å². The Labute approximate surface area is 103 Å². The number of benzene rings is 1. The molecule has 94 valence electrons. The third-order valence-electron chi connectivity index (χ3n) is 2.47. The lowest BCUT2D eigenvalue weighted by Crippen LogP contribution is -2.41. The van der Waals surface area contributed by atoms with Gasteiger partial charge in [0.25, 0.3) is 0 Å². The van der Waals surface area contributed by atoms with Gasteiger partial charge in [-0.2, -0.15) is 0 Å². The van der Waals surface area contributed by atoms with Crippen LogP contribution in [0.25, 0.3) is 0 Å². The highest BCUT2D eigenvalue weighted by molar-refractivity contribution is 5.96. The predicted molar refractivity (Wildman–Crippen MR) is 70.1 cm³/mol. The van der Waals surface area contributed by atoms with Gasteiger partial charge in [0.05, 0.1) is 6.61 Å². The standard InChI is InChI=1S/C14H21NO2/c1-14(2,3)13(16)15(10-11-17-4)12-8-6-5-7-9-12/h5-9H,10-11H2,1-4H3. The molecule has 0 bridgehead atoms. The van der Waals surface area contributed by atoms with E-state index in [1.807, 2.05) is 51.1 Å². The van der Waals surface area contributed by atoms with Crippen molar-refractivity contribution in [2.45, 2.75) is 20.8 Å². The number of nitrogens with zero attached hydrogens (tertiary/aromatic N) is 1. The van der Waals surface area contributed by atoms with Gasteiger partial charge in [-0.15, -0.1) is 0 Å². The molecule has 1 amide bonds. The Balaban J connectivity index is 2.92. The van der Waals surface area contributed by atoms with Crippen molar-refractivity contribution >= 4 is 11.6 Å². The molecular formula is C14H21NO2. The minimum atomic E-state index is -0.385. The third kappa shape index (κ3) is 3.86. The van der Waals surface area contributed by atoms with Crippen molar-refractivity contribution in [1.29, 1.82) is 0 Å². The molecule has 0 N–H and O–H groups in total. The monoisotopic (exact) mass is 235 g/mol. The normalized spacial score (nSPS) is 11.3. The molecule has 0 atom stereocenters. The lowest BCUT2D eigenvalue weighted by Gasteiger charge is -2.29. The van der Waals surface area contributed by atoms with Crippen molar-refractivity contribution in [2.24, 2.45) is 5.41 Å². The van der Waals surface area contributed by atoms with Crippen molar-refractivity contribution in [2.75, 3.05) is 25.2 Å². The van der Waals surface area contributed by atoms with Gasteiger partial charge in [0.1, 0.15) is 0 Å². The van der Waals surface area contributed by atoms with E-state index in [9.17, 15) is 4.79 Å². The lowest BCUT2D eigenvalue weighted by molar-refractivity contribution is -0.125. The number of ether oxygens (including phenoxy) is 1. The maximum atomic E-state index is 12.3. The maximum Gasteiger partial charge on any atom is 0.232 e. The highest BCUT2D eigenvalue weighted by Gasteiger charge is 2.27. The van der Waals surface area contributed by atoms with E-state index >= 15 is 0 Å². The van der Waals surface area contributed by atoms with E-state index in [0.29, 0.717) is 13.2 Å². The van der Waals surface area contributed by atoms with Crippen LogP contribution in [-0.2, 0) is 9.53 Å². The molecular weight excluding hydrogens is 214 g/mol. The van der Waals surface area contributed by atoms with E-state index in [2.05, 4.69) is 0 Å². The molecule has 0 aliphatic heterocycles. The lowest BCUT2D eigenvalue weighted by atomic mass is 9.94. The summed E-state index contributed by atoms with van der Waals surface area (Å²) >= 11 is 0. The largest absolute Gasteiger partial charge is 0.383 e. The molecule has 17 heavy (non-hydrogen) atoms. The second kappa shape index (κ2) is 5.82. The highest BCUT2D eigenvalue weighted by atomic mass is 16.5. The Hall–Kier alpha value is -1.35. The van der Waals surface area contributed by atoms with Crippen LogP contribution in [0.2, 0.25) is 0 Å². The third-order valence-corrected chi connectivity index (χ3v) is 2.47. The number of hydrogen-bond donors (Lipinski definition) is 0. The van der Waals surface area contributed by atoms with Crippen molar-refractivity contribution in [3.05, 3.63) is 30.3 Å². The van der Waals surface area contributed by atoms with Gasteiger partial charge in [-0.3, -0.25) is 4.79 Å². The van der Waals surface area contributed by atoms with Gasteiger partial charge in [-0.25, -0.2) is 0 Å². The first-order valence-electron chi connectivity index (χ1n) is 5.83. The summed E-state index contributed by atoms with van der Waals surface area (Å²) in [5.41, 5.74) is 0.535. The smallest absolute Gasteiger partial charge is 0.232 e. The summed E-state index contributed by atoms with van der Waals surface area (Å²) in [5.74, 6) is 0.112. The van der Waals surface area contributed by atoms with E-state index in [-0.39, 0.29) is 11.3 Å². The van der Waals surface area contributed by atoms with Gasteiger partial charge in [0.15, 0.2) is 0 Å². The zero-order chi connectivity index (χ0) is 12.9. The Kier molecular flexibility index (Phi) is 4.70. The molecule has 0 aliphatic carbocycles. The fraction of sp³-hybridized carbons (Fsp3) is 0.500. The molecule has 0 saturated carbocycles. The Morgan fingerprint density at radius 2 is 1.82 bits per heavy atom. The number of carbonyl (C=O) groups is 1. The van der Waals surface area contributed by atoms with Crippen LogP contribution in [0.15, 0.2) is 30.3 Å². The van der Waals surface area contributed by atoms with Crippen LogP contribution in [0, 0.1) is 5.41 Å². The van der Waals surface area contributed by atoms with Gasteiger partial charge in [-0.05, 0) is 12.1 Å². The molecule has 0 saturated heterocycles. The van der Waals surface area contributed by atoms with Crippen LogP contribution in [0.3, 0.4) is 0 Å². The Morgan fingerprint density at radius 1 is 1.24 bits per heavy atom. The molecule has 0 unspecified atom stereocenters. The minimum Gasteiger partial charge on any atom is -0.383 e. The Morgan fingerprint density at radius 3 is 2.29 bits per heavy atom. The summed E-state index contributed by atoms with van der Waals surface area (Å²) in [6.07, 6.45) is 0. The highest BCUT2D eigenvalue weighted by Crippen LogP contribution is 2.22. The Bertz CT molecular complexity index is 354. The van der Waals surface area contributed by atoms with Crippen molar-refractivity contribution in [3.8, 4) is 0 Å². The number of anilines is 1. The number of rotatable bonds is 4. The molecule has 1 aromatic rings. The fourth-order valence-corrected chi connectivity index (χ4v) is 1.54. The van der Waals surface area contributed by atoms with E-state index in [0.717, 1.165) is 5.69 Å². The van der Waals surface area contributed by atoms with Crippen LogP contribution in [0.4, 0.5) is 5.69 Å². The van der Waals surface area contributed by atoms with Crippen LogP contribution in [0.5, 0.6) is 0 Å². The average molecular weight is 235 g/mol. The van der Waals surface area contributed by atoms with Gasteiger partial charge >= 0.3 is 0 Å². The molecule has 0 aliphatic rings. The molecule has 1 rings (SSSR count). The van der Waals surface area contributed by atoms with Crippen LogP contribution in [0.1, 0.15) is 20.8 Å². The summed E-state index contributed by atoms with van der Waals surface area (Å²) in [6.45, 7) is 6.90. The first-order valence-corrected chi connectivity index (χ1v) is 5.83. The summed E-state index contributed by atoms with van der Waals surface area (Å²) in [5, 5.41) is 0. The van der Waals surface area contributed by atoms with E-state index in [1.54, 1.807) is 12.0 Å². The SMILES string of the molecule is COCCN(C(=O)C(C)(C)C)c1ccccc1. The summed E-state index contributed by atoms with van der Waals surface area (Å²) in [4.78, 5) is 14.1. The van der Waals surface area contributed by atoms with Crippen molar-refractivity contribution in [3.63, 3.8) is 0 Å². The molecule has 0 spiro atoms. The second-order valence-corrected chi connectivity index (χ2v) is 5.04. The van der Waals surface area contributed by atoms with Crippen molar-refractivity contribution < 1.29 is 9.53 Å². The first-order chi connectivity index (χ1) is 7.96. The first kappa shape index (κ1) is 13.7.